The standard InChI is InChI=1S/C16H12N4O2S2/c17-9-12-3-7-15(8-4-12)24(21,22)18-10-13-1-5-14(6-2-13)16-11-23-20-19-16/h1-8,11,18H,10H2. The van der Waals surface area contributed by atoms with Gasteiger partial charge in [-0.25, -0.2) is 13.1 Å². The van der Waals surface area contributed by atoms with Gasteiger partial charge in [0.15, 0.2) is 0 Å². The van der Waals surface area contributed by atoms with Crippen molar-refractivity contribution in [3.8, 4) is 17.3 Å². The van der Waals surface area contributed by atoms with E-state index >= 15 is 0 Å². The Bertz CT molecular complexity index is 958. The molecule has 24 heavy (non-hydrogen) atoms. The number of hydrogen-bond donors (Lipinski definition) is 1. The summed E-state index contributed by atoms with van der Waals surface area (Å²) in [4.78, 5) is 0.131. The second-order valence-corrected chi connectivity index (χ2v) is 7.32. The van der Waals surface area contributed by atoms with Crippen molar-refractivity contribution < 1.29 is 8.42 Å². The number of benzene rings is 2. The van der Waals surface area contributed by atoms with Gasteiger partial charge in [-0.2, -0.15) is 5.26 Å². The van der Waals surface area contributed by atoms with Crippen molar-refractivity contribution >= 4 is 21.6 Å². The van der Waals surface area contributed by atoms with Crippen LogP contribution in [0, 0.1) is 11.3 Å². The van der Waals surface area contributed by atoms with Crippen molar-refractivity contribution in [1.29, 1.82) is 5.26 Å². The maximum atomic E-state index is 12.2. The minimum atomic E-state index is -3.62. The second kappa shape index (κ2) is 6.88. The van der Waals surface area contributed by atoms with Crippen LogP contribution in [0.2, 0.25) is 0 Å². The Morgan fingerprint density at radius 3 is 2.38 bits per heavy atom. The highest BCUT2D eigenvalue weighted by molar-refractivity contribution is 7.89. The number of nitrogens with zero attached hydrogens (tertiary/aromatic N) is 3. The Hall–Kier alpha value is -2.60. The van der Waals surface area contributed by atoms with E-state index in [4.69, 9.17) is 5.26 Å². The topological polar surface area (TPSA) is 95.7 Å². The minimum absolute atomic E-state index is 0.131. The van der Waals surface area contributed by atoms with E-state index in [0.29, 0.717) is 5.56 Å². The molecule has 0 amide bonds. The average Bonchev–Trinajstić information content (AvgIpc) is 3.15. The molecule has 6 nitrogen and oxygen atoms in total. The molecule has 3 aromatic rings. The zero-order valence-electron chi connectivity index (χ0n) is 12.4. The van der Waals surface area contributed by atoms with Gasteiger partial charge < -0.3 is 0 Å². The number of hydrogen-bond acceptors (Lipinski definition) is 6. The number of rotatable bonds is 5. The van der Waals surface area contributed by atoms with Gasteiger partial charge in [-0.15, -0.1) is 5.10 Å². The first kappa shape index (κ1) is 16.3. The molecule has 3 rings (SSSR count). The molecule has 2 aromatic carbocycles. The fraction of sp³-hybridized carbons (Fsp3) is 0.0625. The summed E-state index contributed by atoms with van der Waals surface area (Å²) < 4.78 is 30.9. The molecule has 0 spiro atoms. The maximum Gasteiger partial charge on any atom is 0.240 e. The lowest BCUT2D eigenvalue weighted by Gasteiger charge is -2.07. The van der Waals surface area contributed by atoms with Gasteiger partial charge in [0.1, 0.15) is 5.69 Å². The summed E-state index contributed by atoms with van der Waals surface area (Å²) in [5, 5.41) is 14.6. The third kappa shape index (κ3) is 3.65. The molecule has 0 aliphatic heterocycles. The van der Waals surface area contributed by atoms with Gasteiger partial charge >= 0.3 is 0 Å². The molecule has 0 aliphatic carbocycles. The Morgan fingerprint density at radius 2 is 1.79 bits per heavy atom. The number of nitriles is 1. The molecule has 1 aromatic heterocycles. The van der Waals surface area contributed by atoms with Gasteiger partial charge in [0.25, 0.3) is 0 Å². The Labute approximate surface area is 143 Å². The van der Waals surface area contributed by atoms with Crippen LogP contribution in [-0.2, 0) is 16.6 Å². The molecule has 8 heteroatoms. The third-order valence-electron chi connectivity index (χ3n) is 3.37. The van der Waals surface area contributed by atoms with E-state index in [0.717, 1.165) is 16.8 Å². The highest BCUT2D eigenvalue weighted by atomic mass is 32.2. The lowest BCUT2D eigenvalue weighted by Crippen LogP contribution is -2.23. The molecule has 0 fully saturated rings. The fourth-order valence-corrected chi connectivity index (χ4v) is 3.54. The van der Waals surface area contributed by atoms with Crippen molar-refractivity contribution in [3.63, 3.8) is 0 Å². The Morgan fingerprint density at radius 1 is 1.08 bits per heavy atom. The minimum Gasteiger partial charge on any atom is -0.207 e. The molecule has 0 bridgehead atoms. The van der Waals surface area contributed by atoms with Crippen molar-refractivity contribution in [1.82, 2.24) is 14.3 Å². The van der Waals surface area contributed by atoms with E-state index in [1.165, 1.54) is 35.8 Å². The fourth-order valence-electron chi connectivity index (χ4n) is 2.05. The van der Waals surface area contributed by atoms with Crippen LogP contribution in [0.5, 0.6) is 0 Å². The van der Waals surface area contributed by atoms with Gasteiger partial charge in [-0.3, -0.25) is 0 Å². The highest BCUT2D eigenvalue weighted by Gasteiger charge is 2.13. The monoisotopic (exact) mass is 356 g/mol. The van der Waals surface area contributed by atoms with E-state index in [1.807, 2.05) is 35.7 Å². The van der Waals surface area contributed by atoms with Crippen LogP contribution in [0.15, 0.2) is 58.8 Å². The van der Waals surface area contributed by atoms with E-state index in [2.05, 4.69) is 14.3 Å². The Balaban J connectivity index is 1.69. The highest BCUT2D eigenvalue weighted by Crippen LogP contribution is 2.18. The molecular formula is C16H12N4O2S2. The van der Waals surface area contributed by atoms with Gasteiger partial charge in [0.2, 0.25) is 10.0 Å². The predicted octanol–water partition coefficient (Wildman–Crippen LogP) is 2.56. The normalized spacial score (nSPS) is 11.1. The van der Waals surface area contributed by atoms with Gasteiger partial charge in [0.05, 0.1) is 16.5 Å². The van der Waals surface area contributed by atoms with Gasteiger partial charge in [-0.1, -0.05) is 28.8 Å². The van der Waals surface area contributed by atoms with Gasteiger partial charge in [-0.05, 0) is 41.4 Å². The molecule has 1 N–H and O–H groups in total. The predicted molar refractivity (Wildman–Crippen MR) is 90.5 cm³/mol. The Kier molecular flexibility index (Phi) is 4.66. The van der Waals surface area contributed by atoms with Crippen molar-refractivity contribution in [2.24, 2.45) is 0 Å². The zero-order chi connectivity index (χ0) is 17.0. The van der Waals surface area contributed by atoms with Crippen LogP contribution in [0.1, 0.15) is 11.1 Å². The summed E-state index contributed by atoms with van der Waals surface area (Å²) in [6.07, 6.45) is 0. The number of aromatic nitrogens is 2. The van der Waals surface area contributed by atoms with Crippen molar-refractivity contribution in [2.45, 2.75) is 11.4 Å². The molecule has 120 valence electrons. The number of sulfonamides is 1. The molecule has 0 radical (unpaired) electrons. The largest absolute Gasteiger partial charge is 0.240 e. The van der Waals surface area contributed by atoms with E-state index in [-0.39, 0.29) is 11.4 Å². The molecule has 1 heterocycles. The van der Waals surface area contributed by atoms with Crippen molar-refractivity contribution in [3.05, 3.63) is 65.0 Å². The van der Waals surface area contributed by atoms with E-state index < -0.39 is 10.0 Å². The van der Waals surface area contributed by atoms with E-state index in [9.17, 15) is 8.42 Å². The lowest BCUT2D eigenvalue weighted by molar-refractivity contribution is 0.581. The summed E-state index contributed by atoms with van der Waals surface area (Å²) in [5.41, 5.74) is 2.98. The van der Waals surface area contributed by atoms with Gasteiger partial charge in [0, 0.05) is 17.5 Å². The first-order valence-corrected chi connectivity index (χ1v) is 9.27. The smallest absolute Gasteiger partial charge is 0.207 e. The quantitative estimate of drug-likeness (QED) is 0.758. The molecular weight excluding hydrogens is 344 g/mol. The SMILES string of the molecule is N#Cc1ccc(S(=O)(=O)NCc2ccc(-c3csnn3)cc2)cc1. The second-order valence-electron chi connectivity index (χ2n) is 4.95. The van der Waals surface area contributed by atoms with Crippen LogP contribution in [-0.4, -0.2) is 18.0 Å². The third-order valence-corrected chi connectivity index (χ3v) is 5.29. The summed E-state index contributed by atoms with van der Waals surface area (Å²) in [5.74, 6) is 0. The number of nitrogens with one attached hydrogen (secondary N) is 1. The molecule has 0 unspecified atom stereocenters. The first-order chi connectivity index (χ1) is 11.6. The molecule has 0 atom stereocenters. The average molecular weight is 356 g/mol. The van der Waals surface area contributed by atoms with Crippen LogP contribution in [0.4, 0.5) is 0 Å². The van der Waals surface area contributed by atoms with Crippen LogP contribution in [0.3, 0.4) is 0 Å². The maximum absolute atomic E-state index is 12.2. The molecule has 0 saturated carbocycles. The first-order valence-electron chi connectivity index (χ1n) is 6.95. The van der Waals surface area contributed by atoms with Crippen LogP contribution < -0.4 is 4.72 Å². The van der Waals surface area contributed by atoms with Crippen LogP contribution >= 0.6 is 11.5 Å². The van der Waals surface area contributed by atoms with Crippen LogP contribution in [0.25, 0.3) is 11.3 Å². The molecule has 0 saturated heterocycles. The zero-order valence-corrected chi connectivity index (χ0v) is 14.0. The van der Waals surface area contributed by atoms with E-state index in [1.54, 1.807) is 0 Å². The van der Waals surface area contributed by atoms with Crippen molar-refractivity contribution in [2.75, 3.05) is 0 Å². The molecule has 0 aliphatic rings. The summed E-state index contributed by atoms with van der Waals surface area (Å²) in [6.45, 7) is 0.179. The summed E-state index contributed by atoms with van der Waals surface area (Å²) in [7, 11) is -3.62. The lowest BCUT2D eigenvalue weighted by atomic mass is 10.1. The summed E-state index contributed by atoms with van der Waals surface area (Å²) >= 11 is 1.28. The summed E-state index contributed by atoms with van der Waals surface area (Å²) in [6, 6.07) is 15.2.